The van der Waals surface area contributed by atoms with E-state index in [4.69, 9.17) is 22.1 Å². The molecule has 0 aromatic heterocycles. The number of piperidine rings is 1. The number of anilines is 2. The SMILES string of the molecule is COc1cc(N)c(Cl)cc1C(=O)NCC1CCN(CCCCCNC(=O)Nc2ccccc2)CC1. The number of nitrogens with zero attached hydrogens (tertiary/aromatic N) is 1. The number of para-hydroxylation sites is 1. The number of amides is 3. The molecule has 3 rings (SSSR count). The van der Waals surface area contributed by atoms with Gasteiger partial charge in [-0.05, 0) is 69.4 Å². The van der Waals surface area contributed by atoms with Crippen molar-refractivity contribution in [3.05, 3.63) is 53.1 Å². The molecule has 2 aromatic rings. The molecule has 8 nitrogen and oxygen atoms in total. The van der Waals surface area contributed by atoms with E-state index in [-0.39, 0.29) is 11.9 Å². The molecule has 0 saturated carbocycles. The molecule has 2 aromatic carbocycles. The molecule has 190 valence electrons. The molecule has 1 heterocycles. The quantitative estimate of drug-likeness (QED) is 0.270. The number of nitrogens with one attached hydrogen (secondary N) is 3. The van der Waals surface area contributed by atoms with Crippen molar-refractivity contribution < 1.29 is 14.3 Å². The first-order valence-corrected chi connectivity index (χ1v) is 12.6. The summed E-state index contributed by atoms with van der Waals surface area (Å²) < 4.78 is 5.28. The minimum Gasteiger partial charge on any atom is -0.496 e. The number of likely N-dealkylation sites (tertiary alicyclic amines) is 1. The average Bonchev–Trinajstić information content (AvgIpc) is 2.87. The normalized spacial score (nSPS) is 14.3. The number of unbranched alkanes of at least 4 members (excludes halogenated alkanes) is 2. The highest BCUT2D eigenvalue weighted by Gasteiger charge is 2.21. The molecule has 1 fully saturated rings. The van der Waals surface area contributed by atoms with Gasteiger partial charge in [-0.3, -0.25) is 4.79 Å². The predicted molar refractivity (Wildman–Crippen MR) is 141 cm³/mol. The first-order valence-electron chi connectivity index (χ1n) is 12.2. The number of carbonyl (C=O) groups is 2. The van der Waals surface area contributed by atoms with Gasteiger partial charge in [-0.15, -0.1) is 0 Å². The summed E-state index contributed by atoms with van der Waals surface area (Å²) in [4.78, 5) is 27.0. The molecular formula is C26H36ClN5O3. The first-order chi connectivity index (χ1) is 17.0. The molecule has 0 atom stereocenters. The third-order valence-electron chi connectivity index (χ3n) is 6.29. The minimum absolute atomic E-state index is 0.164. The third-order valence-corrected chi connectivity index (χ3v) is 6.62. The smallest absolute Gasteiger partial charge is 0.319 e. The van der Waals surface area contributed by atoms with Gasteiger partial charge in [-0.2, -0.15) is 0 Å². The summed E-state index contributed by atoms with van der Waals surface area (Å²) in [6.45, 7) is 4.44. The van der Waals surface area contributed by atoms with Gasteiger partial charge in [-0.25, -0.2) is 4.79 Å². The molecule has 0 unspecified atom stereocenters. The van der Waals surface area contributed by atoms with Crippen LogP contribution in [0.5, 0.6) is 5.75 Å². The van der Waals surface area contributed by atoms with Gasteiger partial charge < -0.3 is 31.3 Å². The van der Waals surface area contributed by atoms with E-state index in [1.165, 1.54) is 7.11 Å². The van der Waals surface area contributed by atoms with Gasteiger partial charge in [0.15, 0.2) is 0 Å². The second kappa shape index (κ2) is 13.8. The van der Waals surface area contributed by atoms with E-state index in [1.54, 1.807) is 12.1 Å². The second-order valence-electron chi connectivity index (χ2n) is 8.88. The summed E-state index contributed by atoms with van der Waals surface area (Å²) in [6, 6.07) is 12.4. The van der Waals surface area contributed by atoms with Crippen LogP contribution in [0.4, 0.5) is 16.2 Å². The molecule has 1 aliphatic heterocycles. The lowest BCUT2D eigenvalue weighted by molar-refractivity contribution is 0.0933. The van der Waals surface area contributed by atoms with Gasteiger partial charge >= 0.3 is 6.03 Å². The van der Waals surface area contributed by atoms with Crippen LogP contribution in [0.25, 0.3) is 0 Å². The number of hydrogen-bond acceptors (Lipinski definition) is 5. The number of nitrogen functional groups attached to an aromatic ring is 1. The molecule has 1 aliphatic rings. The Bertz CT molecular complexity index is 965. The van der Waals surface area contributed by atoms with E-state index in [2.05, 4.69) is 20.9 Å². The van der Waals surface area contributed by atoms with Crippen molar-refractivity contribution in [1.82, 2.24) is 15.5 Å². The van der Waals surface area contributed by atoms with Gasteiger partial charge in [0.1, 0.15) is 5.75 Å². The molecule has 0 bridgehead atoms. The van der Waals surface area contributed by atoms with Gasteiger partial charge in [0.25, 0.3) is 5.91 Å². The van der Waals surface area contributed by atoms with Gasteiger partial charge in [0.05, 0.1) is 23.4 Å². The molecule has 0 aliphatic carbocycles. The Morgan fingerprint density at radius 2 is 1.83 bits per heavy atom. The third kappa shape index (κ3) is 8.64. The summed E-state index contributed by atoms with van der Waals surface area (Å²) in [7, 11) is 1.51. The lowest BCUT2D eigenvalue weighted by Gasteiger charge is -2.32. The van der Waals surface area contributed by atoms with E-state index in [0.717, 1.165) is 57.4 Å². The maximum atomic E-state index is 12.6. The molecule has 3 amide bonds. The van der Waals surface area contributed by atoms with E-state index >= 15 is 0 Å². The maximum absolute atomic E-state index is 12.6. The van der Waals surface area contributed by atoms with Crippen LogP contribution in [0, 0.1) is 5.92 Å². The van der Waals surface area contributed by atoms with Crippen molar-refractivity contribution in [2.24, 2.45) is 5.92 Å². The Hall–Kier alpha value is -2.97. The van der Waals surface area contributed by atoms with E-state index in [1.807, 2.05) is 30.3 Å². The number of halogens is 1. The van der Waals surface area contributed by atoms with Crippen molar-refractivity contribution in [3.63, 3.8) is 0 Å². The number of urea groups is 1. The summed E-state index contributed by atoms with van der Waals surface area (Å²) in [5.74, 6) is 0.682. The van der Waals surface area contributed by atoms with Crippen molar-refractivity contribution >= 4 is 34.9 Å². The van der Waals surface area contributed by atoms with Gasteiger partial charge in [0.2, 0.25) is 0 Å². The van der Waals surface area contributed by atoms with Crippen LogP contribution in [0.1, 0.15) is 42.5 Å². The van der Waals surface area contributed by atoms with E-state index in [9.17, 15) is 9.59 Å². The summed E-state index contributed by atoms with van der Waals surface area (Å²) in [5, 5.41) is 9.09. The Morgan fingerprint density at radius 3 is 2.54 bits per heavy atom. The van der Waals surface area contributed by atoms with Crippen LogP contribution in [0.15, 0.2) is 42.5 Å². The predicted octanol–water partition coefficient (Wildman–Crippen LogP) is 4.36. The van der Waals surface area contributed by atoms with Gasteiger partial charge in [0, 0.05) is 24.8 Å². The first kappa shape index (κ1) is 26.6. The zero-order valence-electron chi connectivity index (χ0n) is 20.3. The number of carbonyl (C=O) groups excluding carboxylic acids is 2. The lowest BCUT2D eigenvalue weighted by Crippen LogP contribution is -2.39. The van der Waals surface area contributed by atoms with E-state index < -0.39 is 0 Å². The highest BCUT2D eigenvalue weighted by atomic mass is 35.5. The summed E-state index contributed by atoms with van der Waals surface area (Å²) in [5.41, 5.74) is 7.38. The highest BCUT2D eigenvalue weighted by molar-refractivity contribution is 6.33. The largest absolute Gasteiger partial charge is 0.496 e. The Labute approximate surface area is 212 Å². The van der Waals surface area contributed by atoms with Crippen LogP contribution in [0.2, 0.25) is 5.02 Å². The van der Waals surface area contributed by atoms with Crippen LogP contribution >= 0.6 is 11.6 Å². The van der Waals surface area contributed by atoms with Crippen LogP contribution in [-0.4, -0.2) is 56.7 Å². The highest BCUT2D eigenvalue weighted by Crippen LogP contribution is 2.29. The second-order valence-corrected chi connectivity index (χ2v) is 9.28. The van der Waals surface area contributed by atoms with Gasteiger partial charge in [-0.1, -0.05) is 36.2 Å². The van der Waals surface area contributed by atoms with Crippen molar-refractivity contribution in [3.8, 4) is 5.75 Å². The summed E-state index contributed by atoms with van der Waals surface area (Å²) in [6.07, 6.45) is 5.26. The number of benzene rings is 2. The number of hydrogen-bond donors (Lipinski definition) is 4. The Balaban J connectivity index is 1.25. The van der Waals surface area contributed by atoms with Crippen LogP contribution < -0.4 is 26.4 Å². The number of rotatable bonds is 11. The standard InChI is InChI=1S/C26H36ClN5O3/c1-35-24-17-23(28)22(27)16-21(24)25(33)30-18-19-10-14-32(15-11-19)13-7-3-6-12-29-26(34)31-20-8-4-2-5-9-20/h2,4-5,8-9,16-17,19H,3,6-7,10-15,18,28H2,1H3,(H,30,33)(H2,29,31,34). The monoisotopic (exact) mass is 501 g/mol. The topological polar surface area (TPSA) is 109 Å². The number of ether oxygens (including phenoxy) is 1. The average molecular weight is 502 g/mol. The fourth-order valence-corrected chi connectivity index (χ4v) is 4.36. The van der Waals surface area contributed by atoms with Crippen LogP contribution in [0.3, 0.4) is 0 Å². The molecule has 5 N–H and O–H groups in total. The fourth-order valence-electron chi connectivity index (χ4n) is 4.20. The maximum Gasteiger partial charge on any atom is 0.319 e. The molecular weight excluding hydrogens is 466 g/mol. The Kier molecular flexibility index (Phi) is 10.5. The molecule has 0 radical (unpaired) electrons. The van der Waals surface area contributed by atoms with E-state index in [0.29, 0.717) is 41.0 Å². The van der Waals surface area contributed by atoms with Crippen molar-refractivity contribution in [2.45, 2.75) is 32.1 Å². The number of nitrogens with two attached hydrogens (primary N) is 1. The molecule has 1 saturated heterocycles. The zero-order chi connectivity index (χ0) is 25.0. The Morgan fingerprint density at radius 1 is 1.09 bits per heavy atom. The minimum atomic E-state index is -0.197. The fraction of sp³-hybridized carbons (Fsp3) is 0.462. The van der Waals surface area contributed by atoms with Crippen LogP contribution in [-0.2, 0) is 0 Å². The molecule has 35 heavy (non-hydrogen) atoms. The number of methoxy groups -OCH3 is 1. The molecule has 0 spiro atoms. The lowest BCUT2D eigenvalue weighted by atomic mass is 9.96. The summed E-state index contributed by atoms with van der Waals surface area (Å²) >= 11 is 6.08. The molecule has 9 heteroatoms. The zero-order valence-corrected chi connectivity index (χ0v) is 21.1. The van der Waals surface area contributed by atoms with Crippen molar-refractivity contribution in [2.75, 3.05) is 50.9 Å². The van der Waals surface area contributed by atoms with Crippen molar-refractivity contribution in [1.29, 1.82) is 0 Å².